The molecule has 0 bridgehead atoms. The topological polar surface area (TPSA) is 70.9 Å². The number of hydrazone groups is 1. The Hall–Kier alpha value is -2.82. The van der Waals surface area contributed by atoms with Crippen molar-refractivity contribution in [3.8, 4) is 11.5 Å². The summed E-state index contributed by atoms with van der Waals surface area (Å²) < 4.78 is 5.79. The van der Waals surface area contributed by atoms with Crippen molar-refractivity contribution in [3.63, 3.8) is 0 Å². The molecule has 5 nitrogen and oxygen atoms in total. The third kappa shape index (κ3) is 5.35. The summed E-state index contributed by atoms with van der Waals surface area (Å²) in [4.78, 5) is 12.3. The summed E-state index contributed by atoms with van der Waals surface area (Å²) in [5.41, 5.74) is 3.13. The number of para-hydroxylation sites is 1. The molecule has 0 atom stereocenters. The predicted octanol–water partition coefficient (Wildman–Crippen LogP) is 3.65. The van der Waals surface area contributed by atoms with Crippen molar-refractivity contribution in [1.82, 2.24) is 5.43 Å². The van der Waals surface area contributed by atoms with Gasteiger partial charge in [-0.1, -0.05) is 37.6 Å². The maximum absolute atomic E-state index is 12.3. The Bertz CT molecular complexity index is 737. The first-order valence-electron chi connectivity index (χ1n) is 8.32. The van der Waals surface area contributed by atoms with Crippen LogP contribution in [-0.2, 0) is 11.2 Å². The third-order valence-corrected chi connectivity index (χ3v) is 3.69. The van der Waals surface area contributed by atoms with Crippen molar-refractivity contribution < 1.29 is 14.6 Å². The van der Waals surface area contributed by atoms with Gasteiger partial charge in [0.1, 0.15) is 11.5 Å². The number of hydrogen-bond donors (Lipinski definition) is 2. The predicted molar refractivity (Wildman–Crippen MR) is 99.0 cm³/mol. The molecule has 0 saturated carbocycles. The number of nitrogens with zero attached hydrogens (tertiary/aromatic N) is 1. The van der Waals surface area contributed by atoms with Gasteiger partial charge >= 0.3 is 0 Å². The molecular formula is C20H24N2O3. The number of aryl methyl sites for hydroxylation is 1. The molecule has 0 spiro atoms. The number of phenols is 1. The normalized spacial score (nSPS) is 11.5. The number of carbonyl (C=O) groups is 1. The standard InChI is InChI=1S/C20H24N2O3/c1-4-7-15-10-12-17(13-11-15)25-20(2,3)19(24)22-21-14-16-8-5-6-9-18(16)23/h5-6,8-14,23H,4,7H2,1-3H3,(H,22,24)/b21-14-. The lowest BCUT2D eigenvalue weighted by Gasteiger charge is -2.24. The number of phenolic OH excluding ortho intramolecular Hbond substituents is 1. The van der Waals surface area contributed by atoms with E-state index in [0.29, 0.717) is 11.3 Å². The molecule has 0 aliphatic heterocycles. The van der Waals surface area contributed by atoms with E-state index >= 15 is 0 Å². The lowest BCUT2D eigenvalue weighted by atomic mass is 10.1. The quantitative estimate of drug-likeness (QED) is 0.597. The van der Waals surface area contributed by atoms with Gasteiger partial charge in [0.25, 0.3) is 5.91 Å². The Kier molecular flexibility index (Phi) is 6.17. The van der Waals surface area contributed by atoms with E-state index in [1.165, 1.54) is 11.8 Å². The highest BCUT2D eigenvalue weighted by Crippen LogP contribution is 2.20. The van der Waals surface area contributed by atoms with E-state index in [1.807, 2.05) is 24.3 Å². The molecule has 2 aromatic rings. The second-order valence-electron chi connectivity index (χ2n) is 6.26. The molecule has 0 heterocycles. The highest BCUT2D eigenvalue weighted by molar-refractivity contribution is 5.87. The molecular weight excluding hydrogens is 316 g/mol. The molecule has 0 fully saturated rings. The van der Waals surface area contributed by atoms with Crippen LogP contribution in [0.2, 0.25) is 0 Å². The van der Waals surface area contributed by atoms with Gasteiger partial charge in [0, 0.05) is 5.56 Å². The van der Waals surface area contributed by atoms with Crippen LogP contribution in [0.3, 0.4) is 0 Å². The molecule has 2 N–H and O–H groups in total. The van der Waals surface area contributed by atoms with E-state index in [-0.39, 0.29) is 11.7 Å². The summed E-state index contributed by atoms with van der Waals surface area (Å²) >= 11 is 0. The highest BCUT2D eigenvalue weighted by Gasteiger charge is 2.29. The average Bonchev–Trinajstić information content (AvgIpc) is 2.58. The molecule has 1 amide bonds. The molecule has 2 rings (SSSR count). The van der Waals surface area contributed by atoms with Gasteiger partial charge in [-0.25, -0.2) is 5.43 Å². The fraction of sp³-hybridized carbons (Fsp3) is 0.300. The Morgan fingerprint density at radius 2 is 1.88 bits per heavy atom. The molecule has 0 radical (unpaired) electrons. The Labute approximate surface area is 148 Å². The van der Waals surface area contributed by atoms with Gasteiger partial charge in [0.05, 0.1) is 6.21 Å². The monoisotopic (exact) mass is 340 g/mol. The Balaban J connectivity index is 1.96. The van der Waals surface area contributed by atoms with Gasteiger partial charge in [-0.2, -0.15) is 5.10 Å². The van der Waals surface area contributed by atoms with E-state index in [4.69, 9.17) is 4.74 Å². The van der Waals surface area contributed by atoms with Crippen molar-refractivity contribution >= 4 is 12.1 Å². The summed E-state index contributed by atoms with van der Waals surface area (Å²) in [7, 11) is 0. The zero-order valence-corrected chi connectivity index (χ0v) is 14.8. The second kappa shape index (κ2) is 8.33. The molecule has 0 saturated heterocycles. The van der Waals surface area contributed by atoms with Crippen LogP contribution in [0.15, 0.2) is 53.6 Å². The van der Waals surface area contributed by atoms with Gasteiger partial charge in [0.2, 0.25) is 0 Å². The SMILES string of the molecule is CCCc1ccc(OC(C)(C)C(=O)N/N=C\c2ccccc2O)cc1. The van der Waals surface area contributed by atoms with Crippen molar-refractivity contribution in [1.29, 1.82) is 0 Å². The van der Waals surface area contributed by atoms with E-state index in [0.717, 1.165) is 12.8 Å². The minimum absolute atomic E-state index is 0.100. The van der Waals surface area contributed by atoms with E-state index in [2.05, 4.69) is 17.5 Å². The molecule has 0 unspecified atom stereocenters. The first-order valence-corrected chi connectivity index (χ1v) is 8.32. The van der Waals surface area contributed by atoms with Crippen LogP contribution >= 0.6 is 0 Å². The van der Waals surface area contributed by atoms with E-state index in [9.17, 15) is 9.90 Å². The number of ether oxygens (including phenoxy) is 1. The first-order chi connectivity index (χ1) is 11.9. The van der Waals surface area contributed by atoms with Crippen LogP contribution in [0.25, 0.3) is 0 Å². The fourth-order valence-corrected chi connectivity index (χ4v) is 2.25. The van der Waals surface area contributed by atoms with Crippen LogP contribution in [0.1, 0.15) is 38.3 Å². The summed E-state index contributed by atoms with van der Waals surface area (Å²) in [6.07, 6.45) is 3.50. The van der Waals surface area contributed by atoms with Gasteiger partial charge < -0.3 is 9.84 Å². The lowest BCUT2D eigenvalue weighted by Crippen LogP contribution is -2.44. The zero-order chi connectivity index (χ0) is 18.3. The van der Waals surface area contributed by atoms with Crippen molar-refractivity contribution in [2.75, 3.05) is 0 Å². The second-order valence-corrected chi connectivity index (χ2v) is 6.26. The number of benzene rings is 2. The number of amides is 1. The summed E-state index contributed by atoms with van der Waals surface area (Å²) in [6, 6.07) is 14.5. The van der Waals surface area contributed by atoms with Gasteiger partial charge in [-0.05, 0) is 50.1 Å². The van der Waals surface area contributed by atoms with Crippen LogP contribution in [0.4, 0.5) is 0 Å². The van der Waals surface area contributed by atoms with Crippen molar-refractivity contribution in [2.45, 2.75) is 39.2 Å². The maximum atomic E-state index is 12.3. The largest absolute Gasteiger partial charge is 0.507 e. The number of nitrogens with one attached hydrogen (secondary N) is 1. The maximum Gasteiger partial charge on any atom is 0.283 e. The van der Waals surface area contributed by atoms with E-state index < -0.39 is 5.60 Å². The molecule has 0 aliphatic rings. The van der Waals surface area contributed by atoms with Crippen molar-refractivity contribution in [3.05, 3.63) is 59.7 Å². The van der Waals surface area contributed by atoms with Crippen LogP contribution in [0, 0.1) is 0 Å². The molecule has 5 heteroatoms. The van der Waals surface area contributed by atoms with Crippen molar-refractivity contribution in [2.24, 2.45) is 5.10 Å². The molecule has 132 valence electrons. The minimum atomic E-state index is -1.08. The van der Waals surface area contributed by atoms with Gasteiger partial charge in [-0.15, -0.1) is 0 Å². The van der Waals surface area contributed by atoms with Crippen LogP contribution < -0.4 is 10.2 Å². The van der Waals surface area contributed by atoms with E-state index in [1.54, 1.807) is 38.1 Å². The Morgan fingerprint density at radius 3 is 2.52 bits per heavy atom. The van der Waals surface area contributed by atoms with Gasteiger partial charge in [0.15, 0.2) is 5.60 Å². The third-order valence-electron chi connectivity index (χ3n) is 3.69. The van der Waals surface area contributed by atoms with Crippen LogP contribution in [-0.4, -0.2) is 22.8 Å². The smallest absolute Gasteiger partial charge is 0.283 e. The number of aromatic hydroxyl groups is 1. The summed E-state index contributed by atoms with van der Waals surface area (Å²) in [5.74, 6) is 0.352. The molecule has 0 aliphatic carbocycles. The lowest BCUT2D eigenvalue weighted by molar-refractivity contribution is -0.134. The molecule has 2 aromatic carbocycles. The minimum Gasteiger partial charge on any atom is -0.507 e. The fourth-order valence-electron chi connectivity index (χ4n) is 2.25. The molecule has 0 aromatic heterocycles. The van der Waals surface area contributed by atoms with Crippen LogP contribution in [0.5, 0.6) is 11.5 Å². The number of carbonyl (C=O) groups excluding carboxylic acids is 1. The Morgan fingerprint density at radius 1 is 1.20 bits per heavy atom. The first kappa shape index (κ1) is 18.5. The summed E-state index contributed by atoms with van der Waals surface area (Å²) in [5, 5.41) is 13.5. The number of hydrogen-bond acceptors (Lipinski definition) is 4. The summed E-state index contributed by atoms with van der Waals surface area (Å²) in [6.45, 7) is 5.49. The number of rotatable bonds is 7. The zero-order valence-electron chi connectivity index (χ0n) is 14.8. The van der Waals surface area contributed by atoms with Gasteiger partial charge in [-0.3, -0.25) is 4.79 Å². The highest BCUT2D eigenvalue weighted by atomic mass is 16.5. The molecule has 25 heavy (non-hydrogen) atoms. The average molecular weight is 340 g/mol.